The monoisotopic (exact) mass is 224 g/mol. The summed E-state index contributed by atoms with van der Waals surface area (Å²) in [6.07, 6.45) is 0. The van der Waals surface area contributed by atoms with E-state index in [0.29, 0.717) is 0 Å². The number of halogens is 1. The van der Waals surface area contributed by atoms with Gasteiger partial charge >= 0.3 is 0 Å². The number of hydrogen-bond donors (Lipinski definition) is 0. The van der Waals surface area contributed by atoms with E-state index in [0.717, 1.165) is 0 Å². The van der Waals surface area contributed by atoms with E-state index < -0.39 is 14.8 Å². The lowest BCUT2D eigenvalue weighted by Crippen LogP contribution is -2.32. The van der Waals surface area contributed by atoms with Gasteiger partial charge in [0.05, 0.1) is 0 Å². The molecule has 9 heavy (non-hydrogen) atoms. The third kappa shape index (κ3) is 8.91. The van der Waals surface area contributed by atoms with Gasteiger partial charge in [0.2, 0.25) is 0 Å². The van der Waals surface area contributed by atoms with Crippen molar-refractivity contribution in [2.75, 3.05) is 0 Å². The SMILES string of the molecule is C[Si](C)(C)C[Si](C)(C)Br. The van der Waals surface area contributed by atoms with Crippen LogP contribution in [0.15, 0.2) is 0 Å². The largest absolute Gasteiger partial charge is 0.127 e. The molecule has 0 heterocycles. The van der Waals surface area contributed by atoms with Crippen LogP contribution < -0.4 is 0 Å². The van der Waals surface area contributed by atoms with E-state index in [9.17, 15) is 0 Å². The molecule has 0 bridgehead atoms. The van der Waals surface area contributed by atoms with Crippen LogP contribution in [0.2, 0.25) is 38.4 Å². The number of rotatable bonds is 2. The highest BCUT2D eigenvalue weighted by Gasteiger charge is 2.25. The van der Waals surface area contributed by atoms with Crippen molar-refractivity contribution in [3.8, 4) is 0 Å². The van der Waals surface area contributed by atoms with Crippen LogP contribution in [0.1, 0.15) is 0 Å². The van der Waals surface area contributed by atoms with E-state index >= 15 is 0 Å². The van der Waals surface area contributed by atoms with Gasteiger partial charge in [-0.2, -0.15) is 0 Å². The molecule has 0 amide bonds. The molecule has 0 saturated carbocycles. The molecule has 0 aromatic rings. The highest BCUT2D eigenvalue weighted by Crippen LogP contribution is 2.23. The predicted molar refractivity (Wildman–Crippen MR) is 54.6 cm³/mol. The molecule has 0 atom stereocenters. The summed E-state index contributed by atoms with van der Waals surface area (Å²) in [5.74, 6) is 0. The van der Waals surface area contributed by atoms with Crippen LogP contribution in [0.3, 0.4) is 0 Å². The molecule has 0 radical (unpaired) electrons. The Morgan fingerprint density at radius 2 is 1.33 bits per heavy atom. The molecule has 0 aliphatic rings. The van der Waals surface area contributed by atoms with Gasteiger partial charge in [0.25, 0.3) is 0 Å². The Balaban J connectivity index is 3.75. The third-order valence-corrected chi connectivity index (χ3v) is 11.1. The molecule has 0 aliphatic heterocycles. The van der Waals surface area contributed by atoms with Crippen molar-refractivity contribution in [3.63, 3.8) is 0 Å². The van der Waals surface area contributed by atoms with E-state index in [2.05, 4.69) is 48.0 Å². The van der Waals surface area contributed by atoms with Gasteiger partial charge in [-0.3, -0.25) is 0 Å². The van der Waals surface area contributed by atoms with Crippen molar-refractivity contribution < 1.29 is 0 Å². The van der Waals surface area contributed by atoms with Crippen molar-refractivity contribution in [1.82, 2.24) is 0 Å². The fraction of sp³-hybridized carbons (Fsp3) is 1.00. The molecule has 0 aromatic carbocycles. The van der Waals surface area contributed by atoms with Crippen molar-refractivity contribution >= 4 is 30.1 Å². The Bertz CT molecular complexity index is 76.2. The zero-order valence-electron chi connectivity index (χ0n) is 7.09. The van der Waals surface area contributed by atoms with Crippen LogP contribution in [0.4, 0.5) is 0 Å². The van der Waals surface area contributed by atoms with E-state index in [1.54, 1.807) is 0 Å². The summed E-state index contributed by atoms with van der Waals surface area (Å²) >= 11 is 3.79. The first-order valence-electron chi connectivity index (χ1n) is 3.40. The van der Waals surface area contributed by atoms with Crippen LogP contribution in [0.5, 0.6) is 0 Å². The average molecular weight is 225 g/mol. The normalized spacial score (nSPS) is 14.0. The van der Waals surface area contributed by atoms with Crippen LogP contribution in [-0.2, 0) is 0 Å². The van der Waals surface area contributed by atoms with Gasteiger partial charge in [0.15, 0.2) is 0 Å². The standard InChI is InChI=1S/C6H17BrSi2/c1-8(2,3)6-9(4,5)7/h6H2,1-5H3. The number of hydrogen-bond acceptors (Lipinski definition) is 0. The van der Waals surface area contributed by atoms with Gasteiger partial charge in [0, 0.05) is 8.07 Å². The van der Waals surface area contributed by atoms with Crippen LogP contribution in [0, 0.1) is 0 Å². The summed E-state index contributed by atoms with van der Waals surface area (Å²) < 4.78 is 0. The summed E-state index contributed by atoms with van der Waals surface area (Å²) in [6, 6.07) is 0. The summed E-state index contributed by atoms with van der Waals surface area (Å²) in [7, 11) is -0.778. The second-order valence-electron chi connectivity index (χ2n) is 4.46. The highest BCUT2D eigenvalue weighted by molar-refractivity contribution is 9.26. The molecule has 0 saturated heterocycles. The Labute approximate surface area is 68.6 Å². The maximum atomic E-state index is 3.79. The third-order valence-electron chi connectivity index (χ3n) is 0.951. The van der Waals surface area contributed by atoms with Gasteiger partial charge in [-0.15, -0.1) is 15.3 Å². The van der Waals surface area contributed by atoms with Gasteiger partial charge < -0.3 is 0 Å². The Kier molecular flexibility index (Phi) is 3.18. The Hall–Kier alpha value is 0.914. The van der Waals surface area contributed by atoms with E-state index in [1.165, 1.54) is 5.67 Å². The van der Waals surface area contributed by atoms with Gasteiger partial charge in [-0.1, -0.05) is 38.4 Å². The summed E-state index contributed by atoms with van der Waals surface area (Å²) in [4.78, 5) is 0. The van der Waals surface area contributed by atoms with Crippen LogP contribution in [0.25, 0.3) is 0 Å². The molecule has 0 unspecified atom stereocenters. The minimum Gasteiger partial charge on any atom is -0.127 e. The zero-order valence-corrected chi connectivity index (χ0v) is 10.7. The molecule has 0 aliphatic carbocycles. The van der Waals surface area contributed by atoms with Crippen LogP contribution in [-0.4, -0.2) is 14.8 Å². The molecule has 3 heteroatoms. The van der Waals surface area contributed by atoms with Gasteiger partial charge in [-0.05, 0) is 0 Å². The van der Waals surface area contributed by atoms with Crippen molar-refractivity contribution in [2.45, 2.75) is 38.4 Å². The molecule has 0 spiro atoms. The van der Waals surface area contributed by atoms with Gasteiger partial charge in [-0.25, -0.2) is 0 Å². The van der Waals surface area contributed by atoms with E-state index in [4.69, 9.17) is 0 Å². The summed E-state index contributed by atoms with van der Waals surface area (Å²) in [5, 5.41) is 0. The van der Waals surface area contributed by atoms with E-state index in [-0.39, 0.29) is 0 Å². The molecule has 0 fully saturated rings. The minimum absolute atomic E-state index is 0.778. The maximum Gasteiger partial charge on any atom is 0.121 e. The second-order valence-corrected chi connectivity index (χ2v) is 20.9. The molecule has 0 aromatic heterocycles. The average Bonchev–Trinajstić information content (AvgIpc) is 1.14. The Morgan fingerprint density at radius 3 is 1.33 bits per heavy atom. The fourth-order valence-corrected chi connectivity index (χ4v) is 18.9. The van der Waals surface area contributed by atoms with Gasteiger partial charge in [0.1, 0.15) is 6.69 Å². The predicted octanol–water partition coefficient (Wildman–Crippen LogP) is 3.46. The van der Waals surface area contributed by atoms with Crippen molar-refractivity contribution in [3.05, 3.63) is 0 Å². The molecular weight excluding hydrogens is 208 g/mol. The molecule has 0 nitrogen and oxygen atoms in total. The van der Waals surface area contributed by atoms with Crippen molar-refractivity contribution in [1.29, 1.82) is 0 Å². The lowest BCUT2D eigenvalue weighted by atomic mass is 11.7. The lowest BCUT2D eigenvalue weighted by molar-refractivity contribution is 1.58. The first kappa shape index (κ1) is 9.91. The summed E-state index contributed by atoms with van der Waals surface area (Å²) in [5.41, 5.74) is 1.49. The maximum absolute atomic E-state index is 3.79. The molecular formula is C6H17BrSi2. The highest BCUT2D eigenvalue weighted by atomic mass is 79.9. The first-order valence-corrected chi connectivity index (χ1v) is 12.6. The van der Waals surface area contributed by atoms with E-state index in [1.807, 2.05) is 0 Å². The van der Waals surface area contributed by atoms with Crippen molar-refractivity contribution in [2.24, 2.45) is 0 Å². The molecule has 0 rings (SSSR count). The van der Waals surface area contributed by atoms with Crippen LogP contribution >= 0.6 is 15.3 Å². The minimum atomic E-state index is -0.918. The first-order chi connectivity index (χ1) is 3.71. The second kappa shape index (κ2) is 2.88. The molecule has 56 valence electrons. The summed E-state index contributed by atoms with van der Waals surface area (Å²) in [6.45, 7) is 11.1. The zero-order chi connectivity index (χ0) is 7.71. The Morgan fingerprint density at radius 1 is 1.00 bits per heavy atom. The lowest BCUT2D eigenvalue weighted by Gasteiger charge is -2.23. The fourth-order valence-electron chi connectivity index (χ4n) is 1.26. The quantitative estimate of drug-likeness (QED) is 0.498. The smallest absolute Gasteiger partial charge is 0.121 e. The molecule has 0 N–H and O–H groups in total. The topological polar surface area (TPSA) is 0 Å².